The Morgan fingerprint density at radius 3 is 2.79 bits per heavy atom. The lowest BCUT2D eigenvalue weighted by molar-refractivity contribution is -0.119. The maximum absolute atomic E-state index is 11.5. The molecule has 0 aliphatic rings. The third-order valence-electron chi connectivity index (χ3n) is 2.14. The summed E-state index contributed by atoms with van der Waals surface area (Å²) >= 11 is 5.56. The molecule has 7 heteroatoms. The van der Waals surface area contributed by atoms with Crippen LogP contribution in [0.2, 0.25) is 0 Å². The van der Waals surface area contributed by atoms with Crippen LogP contribution in [0.3, 0.4) is 0 Å². The van der Waals surface area contributed by atoms with Gasteiger partial charge in [0.1, 0.15) is 18.2 Å². The minimum absolute atomic E-state index is 0.0412. The molecule has 0 bridgehead atoms. The maximum Gasteiger partial charge on any atom is 0.250 e. The number of aliphatic imine (C=N–C) groups is 1. The number of nitrogens with zero attached hydrogens (tertiary/aromatic N) is 1. The molecule has 0 spiro atoms. The van der Waals surface area contributed by atoms with Gasteiger partial charge in [-0.25, -0.2) is 4.99 Å². The molecule has 0 atom stereocenters. The number of amides is 1. The number of benzene rings is 1. The van der Waals surface area contributed by atoms with E-state index in [2.05, 4.69) is 10.3 Å². The zero-order valence-corrected chi connectivity index (χ0v) is 11.5. The van der Waals surface area contributed by atoms with E-state index in [4.69, 9.17) is 26.8 Å². The molecule has 0 aromatic heterocycles. The SMILES string of the molecule is COCC(=O)Nc1cc(N=C(N)CCl)ccc1OC. The molecule has 3 N–H and O–H groups in total. The fourth-order valence-corrected chi connectivity index (χ4v) is 1.44. The molecule has 0 saturated carbocycles. The summed E-state index contributed by atoms with van der Waals surface area (Å²) in [7, 11) is 2.95. The van der Waals surface area contributed by atoms with Gasteiger partial charge in [0.2, 0.25) is 5.91 Å². The quantitative estimate of drug-likeness (QED) is 0.471. The Morgan fingerprint density at radius 1 is 1.47 bits per heavy atom. The Hall–Kier alpha value is -1.79. The van der Waals surface area contributed by atoms with E-state index < -0.39 is 0 Å². The molecule has 0 aliphatic heterocycles. The van der Waals surface area contributed by atoms with Crippen LogP contribution < -0.4 is 15.8 Å². The van der Waals surface area contributed by atoms with Crippen molar-refractivity contribution in [2.24, 2.45) is 10.7 Å². The van der Waals surface area contributed by atoms with E-state index in [1.54, 1.807) is 18.2 Å². The smallest absolute Gasteiger partial charge is 0.250 e. The van der Waals surface area contributed by atoms with Crippen molar-refractivity contribution in [3.63, 3.8) is 0 Å². The molecule has 1 rings (SSSR count). The van der Waals surface area contributed by atoms with Crippen molar-refractivity contribution in [3.8, 4) is 5.75 Å². The zero-order chi connectivity index (χ0) is 14.3. The Balaban J connectivity index is 2.99. The van der Waals surface area contributed by atoms with Crippen LogP contribution in [0, 0.1) is 0 Å². The van der Waals surface area contributed by atoms with E-state index in [0.717, 1.165) is 0 Å². The summed E-state index contributed by atoms with van der Waals surface area (Å²) in [5, 5.41) is 2.66. The van der Waals surface area contributed by atoms with Crippen LogP contribution in [-0.2, 0) is 9.53 Å². The van der Waals surface area contributed by atoms with E-state index in [0.29, 0.717) is 23.0 Å². The molecule has 104 valence electrons. The second-order valence-electron chi connectivity index (χ2n) is 3.60. The van der Waals surface area contributed by atoms with Gasteiger partial charge < -0.3 is 20.5 Å². The van der Waals surface area contributed by atoms with Gasteiger partial charge in [0.25, 0.3) is 0 Å². The van der Waals surface area contributed by atoms with Gasteiger partial charge in [0, 0.05) is 7.11 Å². The largest absolute Gasteiger partial charge is 0.495 e. The van der Waals surface area contributed by atoms with Crippen LogP contribution >= 0.6 is 11.6 Å². The molecule has 1 amide bonds. The first-order valence-corrected chi connectivity index (χ1v) is 6.00. The third-order valence-corrected chi connectivity index (χ3v) is 2.42. The fourth-order valence-electron chi connectivity index (χ4n) is 1.38. The number of amidine groups is 1. The summed E-state index contributed by atoms with van der Waals surface area (Å²) in [6.07, 6.45) is 0. The Morgan fingerprint density at radius 2 is 2.21 bits per heavy atom. The number of carbonyl (C=O) groups is 1. The van der Waals surface area contributed by atoms with Gasteiger partial charge in [-0.1, -0.05) is 0 Å². The molecule has 0 fully saturated rings. The molecule has 0 aliphatic carbocycles. The second kappa shape index (κ2) is 7.60. The number of halogens is 1. The summed E-state index contributed by atoms with van der Waals surface area (Å²) in [5.74, 6) is 0.665. The van der Waals surface area contributed by atoms with Crippen LogP contribution in [0.4, 0.5) is 11.4 Å². The van der Waals surface area contributed by atoms with Crippen LogP contribution in [0.5, 0.6) is 5.75 Å². The monoisotopic (exact) mass is 285 g/mol. The van der Waals surface area contributed by atoms with E-state index in [9.17, 15) is 4.79 Å². The van der Waals surface area contributed by atoms with Gasteiger partial charge in [-0.3, -0.25) is 4.79 Å². The highest BCUT2D eigenvalue weighted by atomic mass is 35.5. The van der Waals surface area contributed by atoms with Crippen molar-refractivity contribution in [2.75, 3.05) is 32.0 Å². The number of nitrogens with one attached hydrogen (secondary N) is 1. The first-order valence-electron chi connectivity index (χ1n) is 5.46. The molecular formula is C12H16ClN3O3. The van der Waals surface area contributed by atoms with Crippen molar-refractivity contribution in [1.82, 2.24) is 0 Å². The first-order chi connectivity index (χ1) is 9.10. The number of carbonyl (C=O) groups excluding carboxylic acids is 1. The normalized spacial score (nSPS) is 11.2. The zero-order valence-electron chi connectivity index (χ0n) is 10.8. The molecule has 0 radical (unpaired) electrons. The van der Waals surface area contributed by atoms with Gasteiger partial charge in [-0.05, 0) is 18.2 Å². The minimum atomic E-state index is -0.285. The molecule has 0 heterocycles. The highest BCUT2D eigenvalue weighted by molar-refractivity contribution is 6.28. The van der Waals surface area contributed by atoms with E-state index >= 15 is 0 Å². The molecule has 6 nitrogen and oxygen atoms in total. The second-order valence-corrected chi connectivity index (χ2v) is 3.87. The third kappa shape index (κ3) is 4.76. The Bertz CT molecular complexity index is 477. The number of anilines is 1. The average Bonchev–Trinajstić information content (AvgIpc) is 2.39. The number of nitrogens with two attached hydrogens (primary N) is 1. The van der Waals surface area contributed by atoms with Crippen LogP contribution in [0.25, 0.3) is 0 Å². The van der Waals surface area contributed by atoms with Crippen molar-refractivity contribution in [2.45, 2.75) is 0 Å². The molecular weight excluding hydrogens is 270 g/mol. The van der Waals surface area contributed by atoms with E-state index in [1.807, 2.05) is 0 Å². The molecule has 1 aromatic carbocycles. The lowest BCUT2D eigenvalue weighted by atomic mass is 10.2. The molecule has 1 aromatic rings. The van der Waals surface area contributed by atoms with Gasteiger partial charge in [-0.2, -0.15) is 0 Å². The summed E-state index contributed by atoms with van der Waals surface area (Å²) in [4.78, 5) is 15.6. The van der Waals surface area contributed by atoms with Gasteiger partial charge in [-0.15, -0.1) is 11.6 Å². The van der Waals surface area contributed by atoms with E-state index in [-0.39, 0.29) is 18.4 Å². The van der Waals surface area contributed by atoms with Gasteiger partial charge >= 0.3 is 0 Å². The molecule has 0 saturated heterocycles. The fraction of sp³-hybridized carbons (Fsp3) is 0.333. The number of ether oxygens (including phenoxy) is 2. The molecule has 19 heavy (non-hydrogen) atoms. The van der Waals surface area contributed by atoms with Crippen molar-refractivity contribution >= 4 is 34.7 Å². The lowest BCUT2D eigenvalue weighted by Crippen LogP contribution is -2.17. The van der Waals surface area contributed by atoms with E-state index in [1.165, 1.54) is 14.2 Å². The van der Waals surface area contributed by atoms with Crippen molar-refractivity contribution < 1.29 is 14.3 Å². The first kappa shape index (κ1) is 15.3. The maximum atomic E-state index is 11.5. The lowest BCUT2D eigenvalue weighted by Gasteiger charge is -2.10. The highest BCUT2D eigenvalue weighted by Gasteiger charge is 2.08. The average molecular weight is 286 g/mol. The number of alkyl halides is 1. The van der Waals surface area contributed by atoms with Crippen LogP contribution in [-0.4, -0.2) is 38.4 Å². The van der Waals surface area contributed by atoms with Gasteiger partial charge in [0.05, 0.1) is 24.4 Å². The topological polar surface area (TPSA) is 85.9 Å². The van der Waals surface area contributed by atoms with Crippen LogP contribution in [0.1, 0.15) is 0 Å². The standard InChI is InChI=1S/C12H16ClN3O3/c1-18-7-12(17)16-9-5-8(15-11(14)6-13)3-4-10(9)19-2/h3-5H,6-7H2,1-2H3,(H2,14,15)(H,16,17). The number of hydrogen-bond acceptors (Lipinski definition) is 4. The van der Waals surface area contributed by atoms with Crippen molar-refractivity contribution in [3.05, 3.63) is 18.2 Å². The number of rotatable bonds is 6. The Kier molecular flexibility index (Phi) is 6.11. The summed E-state index contributed by atoms with van der Waals surface area (Å²) in [6.45, 7) is -0.0412. The summed E-state index contributed by atoms with van der Waals surface area (Å²) in [6, 6.07) is 5.04. The predicted molar refractivity (Wildman–Crippen MR) is 75.5 cm³/mol. The van der Waals surface area contributed by atoms with Gasteiger partial charge in [0.15, 0.2) is 0 Å². The number of hydrogen-bond donors (Lipinski definition) is 2. The van der Waals surface area contributed by atoms with Crippen LogP contribution in [0.15, 0.2) is 23.2 Å². The highest BCUT2D eigenvalue weighted by Crippen LogP contribution is 2.29. The van der Waals surface area contributed by atoms with Crippen molar-refractivity contribution in [1.29, 1.82) is 0 Å². The minimum Gasteiger partial charge on any atom is -0.495 e. The number of methoxy groups -OCH3 is 2. The Labute approximate surface area is 116 Å². The predicted octanol–water partition coefficient (Wildman–Crippen LogP) is 1.51. The summed E-state index contributed by atoms with van der Waals surface area (Å²) < 4.78 is 9.89. The molecule has 0 unspecified atom stereocenters. The summed E-state index contributed by atoms with van der Waals surface area (Å²) in [5.41, 5.74) is 6.62.